The van der Waals surface area contributed by atoms with Crippen molar-refractivity contribution in [1.82, 2.24) is 15.2 Å². The molecule has 0 aliphatic rings. The maximum atomic E-state index is 12.1. The highest BCUT2D eigenvalue weighted by Crippen LogP contribution is 2.22. The largest absolute Gasteiger partial charge is 0.355 e. The van der Waals surface area contributed by atoms with Gasteiger partial charge in [-0.15, -0.1) is 0 Å². The molecule has 2 aromatic carbocycles. The SMILES string of the molecule is CN(C)CCNC(=O)Cc1cccc2cc3ccccc3nc12. The normalized spacial score (nSPS) is 11.3. The lowest BCUT2D eigenvalue weighted by molar-refractivity contribution is -0.120. The number of nitrogens with one attached hydrogen (secondary N) is 1. The zero-order valence-electron chi connectivity index (χ0n) is 13.5. The number of carbonyl (C=O) groups excluding carboxylic acids is 1. The summed E-state index contributed by atoms with van der Waals surface area (Å²) in [4.78, 5) is 18.9. The molecule has 0 bridgehead atoms. The van der Waals surface area contributed by atoms with Crippen molar-refractivity contribution in [3.8, 4) is 0 Å². The lowest BCUT2D eigenvalue weighted by Gasteiger charge is -2.11. The van der Waals surface area contributed by atoms with Crippen molar-refractivity contribution in [3.05, 3.63) is 54.1 Å². The molecule has 23 heavy (non-hydrogen) atoms. The van der Waals surface area contributed by atoms with Crippen molar-refractivity contribution in [2.45, 2.75) is 6.42 Å². The molecule has 118 valence electrons. The maximum absolute atomic E-state index is 12.1. The number of para-hydroxylation sites is 2. The van der Waals surface area contributed by atoms with Gasteiger partial charge in [0.25, 0.3) is 0 Å². The van der Waals surface area contributed by atoms with E-state index in [4.69, 9.17) is 4.98 Å². The van der Waals surface area contributed by atoms with Gasteiger partial charge in [-0.2, -0.15) is 0 Å². The van der Waals surface area contributed by atoms with Crippen LogP contribution < -0.4 is 5.32 Å². The Morgan fingerprint density at radius 2 is 1.87 bits per heavy atom. The summed E-state index contributed by atoms with van der Waals surface area (Å²) in [7, 11) is 3.98. The third kappa shape index (κ3) is 3.66. The van der Waals surface area contributed by atoms with E-state index in [1.54, 1.807) is 0 Å². The molecule has 0 saturated heterocycles. The average molecular weight is 307 g/mol. The average Bonchev–Trinajstić information content (AvgIpc) is 2.53. The zero-order chi connectivity index (χ0) is 16.2. The van der Waals surface area contributed by atoms with Crippen LogP contribution in [-0.4, -0.2) is 43.0 Å². The van der Waals surface area contributed by atoms with Crippen molar-refractivity contribution in [2.75, 3.05) is 27.2 Å². The quantitative estimate of drug-likeness (QED) is 0.737. The molecule has 4 nitrogen and oxygen atoms in total. The van der Waals surface area contributed by atoms with Gasteiger partial charge < -0.3 is 10.2 Å². The molecule has 0 atom stereocenters. The fourth-order valence-corrected chi connectivity index (χ4v) is 2.66. The van der Waals surface area contributed by atoms with Crippen molar-refractivity contribution in [1.29, 1.82) is 0 Å². The summed E-state index contributed by atoms with van der Waals surface area (Å²) in [5.41, 5.74) is 2.84. The second kappa shape index (κ2) is 6.75. The smallest absolute Gasteiger partial charge is 0.224 e. The number of likely N-dealkylation sites (N-methyl/N-ethyl adjacent to an activating group) is 1. The maximum Gasteiger partial charge on any atom is 0.224 e. The van der Waals surface area contributed by atoms with Crippen LogP contribution in [0.2, 0.25) is 0 Å². The first-order chi connectivity index (χ1) is 11.1. The molecule has 0 fully saturated rings. The standard InChI is InChI=1S/C19H21N3O/c1-22(2)11-10-20-18(23)13-16-8-5-7-15-12-14-6-3-4-9-17(14)21-19(15)16/h3-9,12H,10-11,13H2,1-2H3,(H,20,23). The van der Waals surface area contributed by atoms with E-state index in [9.17, 15) is 4.79 Å². The summed E-state index contributed by atoms with van der Waals surface area (Å²) in [5.74, 6) is 0.0364. The van der Waals surface area contributed by atoms with E-state index in [-0.39, 0.29) is 5.91 Å². The van der Waals surface area contributed by atoms with E-state index in [1.165, 1.54) is 0 Å². The van der Waals surface area contributed by atoms with Gasteiger partial charge in [0, 0.05) is 23.9 Å². The Morgan fingerprint density at radius 1 is 1.09 bits per heavy atom. The molecule has 0 unspecified atom stereocenters. The number of aromatic nitrogens is 1. The van der Waals surface area contributed by atoms with Gasteiger partial charge in [0.15, 0.2) is 0 Å². The van der Waals surface area contributed by atoms with Gasteiger partial charge in [0.1, 0.15) is 0 Å². The summed E-state index contributed by atoms with van der Waals surface area (Å²) < 4.78 is 0. The fraction of sp³-hybridized carbons (Fsp3) is 0.263. The van der Waals surface area contributed by atoms with Crippen LogP contribution in [-0.2, 0) is 11.2 Å². The van der Waals surface area contributed by atoms with Crippen molar-refractivity contribution >= 4 is 27.7 Å². The number of amides is 1. The van der Waals surface area contributed by atoms with Crippen molar-refractivity contribution < 1.29 is 4.79 Å². The van der Waals surface area contributed by atoms with Crippen molar-refractivity contribution in [2.24, 2.45) is 0 Å². The highest BCUT2D eigenvalue weighted by Gasteiger charge is 2.09. The molecule has 1 heterocycles. The Morgan fingerprint density at radius 3 is 2.70 bits per heavy atom. The highest BCUT2D eigenvalue weighted by atomic mass is 16.1. The van der Waals surface area contributed by atoms with Gasteiger partial charge in [0.2, 0.25) is 5.91 Å². The molecular formula is C19H21N3O. The van der Waals surface area contributed by atoms with Gasteiger partial charge >= 0.3 is 0 Å². The molecule has 0 radical (unpaired) electrons. The minimum Gasteiger partial charge on any atom is -0.355 e. The van der Waals surface area contributed by atoms with Crippen LogP contribution in [0.3, 0.4) is 0 Å². The molecule has 3 rings (SSSR count). The molecule has 4 heteroatoms. The van der Waals surface area contributed by atoms with E-state index < -0.39 is 0 Å². The van der Waals surface area contributed by atoms with Crippen molar-refractivity contribution in [3.63, 3.8) is 0 Å². The Bertz CT molecular complexity index is 842. The number of rotatable bonds is 5. The molecule has 1 N–H and O–H groups in total. The monoisotopic (exact) mass is 307 g/mol. The number of fused-ring (bicyclic) bond motifs is 2. The van der Waals surface area contributed by atoms with E-state index >= 15 is 0 Å². The number of carbonyl (C=O) groups is 1. The number of hydrogen-bond acceptors (Lipinski definition) is 3. The summed E-state index contributed by atoms with van der Waals surface area (Å²) in [6.07, 6.45) is 0.357. The lowest BCUT2D eigenvalue weighted by atomic mass is 10.0. The third-order valence-corrected chi connectivity index (χ3v) is 3.86. The molecule has 1 amide bonds. The molecule has 3 aromatic rings. The minimum atomic E-state index is 0.0364. The zero-order valence-corrected chi connectivity index (χ0v) is 13.5. The highest BCUT2D eigenvalue weighted by molar-refractivity contribution is 5.95. The van der Waals surface area contributed by atoms with E-state index in [1.807, 2.05) is 55.4 Å². The number of pyridine rings is 1. The van der Waals surface area contributed by atoms with Gasteiger partial charge in [0.05, 0.1) is 17.5 Å². The van der Waals surface area contributed by atoms with Crippen LogP contribution in [0.5, 0.6) is 0 Å². The first kappa shape index (κ1) is 15.4. The van der Waals surface area contributed by atoms with Crippen LogP contribution in [0.25, 0.3) is 21.8 Å². The van der Waals surface area contributed by atoms with Gasteiger partial charge in [-0.1, -0.05) is 36.4 Å². The Hall–Kier alpha value is -2.46. The van der Waals surface area contributed by atoms with Crippen LogP contribution in [0.1, 0.15) is 5.56 Å². The van der Waals surface area contributed by atoms with Crippen LogP contribution in [0.15, 0.2) is 48.5 Å². The lowest BCUT2D eigenvalue weighted by Crippen LogP contribution is -2.32. The summed E-state index contributed by atoms with van der Waals surface area (Å²) in [5, 5.41) is 5.15. The fourth-order valence-electron chi connectivity index (χ4n) is 2.66. The van der Waals surface area contributed by atoms with Gasteiger partial charge in [-0.25, -0.2) is 4.98 Å². The summed E-state index contributed by atoms with van der Waals surface area (Å²) >= 11 is 0. The molecular weight excluding hydrogens is 286 g/mol. The van der Waals surface area contributed by atoms with Crippen LogP contribution >= 0.6 is 0 Å². The molecule has 0 aliphatic heterocycles. The van der Waals surface area contributed by atoms with Gasteiger partial charge in [-0.05, 0) is 31.8 Å². The molecule has 0 aliphatic carbocycles. The topological polar surface area (TPSA) is 45.2 Å². The Kier molecular flexibility index (Phi) is 4.53. The predicted molar refractivity (Wildman–Crippen MR) is 94.5 cm³/mol. The van der Waals surface area contributed by atoms with Crippen LogP contribution in [0.4, 0.5) is 0 Å². The summed E-state index contributed by atoms with van der Waals surface area (Å²) in [6.45, 7) is 1.50. The molecule has 0 saturated carbocycles. The number of benzene rings is 2. The van der Waals surface area contributed by atoms with E-state index in [2.05, 4.69) is 17.4 Å². The Balaban J connectivity index is 1.85. The van der Waals surface area contributed by atoms with Crippen LogP contribution in [0, 0.1) is 0 Å². The second-order valence-corrected chi connectivity index (χ2v) is 6.00. The van der Waals surface area contributed by atoms with Gasteiger partial charge in [-0.3, -0.25) is 4.79 Å². The Labute approximate surface area is 136 Å². The second-order valence-electron chi connectivity index (χ2n) is 6.00. The third-order valence-electron chi connectivity index (χ3n) is 3.86. The molecule has 0 spiro atoms. The van der Waals surface area contributed by atoms with E-state index in [0.29, 0.717) is 13.0 Å². The predicted octanol–water partition coefficient (Wildman–Crippen LogP) is 2.61. The first-order valence-electron chi connectivity index (χ1n) is 7.82. The first-order valence-corrected chi connectivity index (χ1v) is 7.82. The molecule has 1 aromatic heterocycles. The summed E-state index contributed by atoms with van der Waals surface area (Å²) in [6, 6.07) is 16.2. The van der Waals surface area contributed by atoms with E-state index in [0.717, 1.165) is 33.9 Å². The number of hydrogen-bond donors (Lipinski definition) is 1. The number of nitrogens with zero attached hydrogens (tertiary/aromatic N) is 2. The minimum absolute atomic E-state index is 0.0364.